The van der Waals surface area contributed by atoms with Gasteiger partial charge in [-0.3, -0.25) is 0 Å². The maximum atomic E-state index is 3.36. The normalized spacial score (nSPS) is 13.9. The van der Waals surface area contributed by atoms with Crippen LogP contribution in [-0.4, -0.2) is 31.6 Å². The zero-order valence-electron chi connectivity index (χ0n) is 12.7. The summed E-state index contributed by atoms with van der Waals surface area (Å²) >= 11 is 0. The molecule has 0 bridgehead atoms. The molecule has 1 N–H and O–H groups in total. The van der Waals surface area contributed by atoms with Gasteiger partial charge in [0.05, 0.1) is 0 Å². The van der Waals surface area contributed by atoms with Crippen LogP contribution >= 0.6 is 0 Å². The van der Waals surface area contributed by atoms with Crippen LogP contribution in [0.25, 0.3) is 0 Å². The molecule has 2 nitrogen and oxygen atoms in total. The van der Waals surface area contributed by atoms with E-state index >= 15 is 0 Å². The molecule has 18 heavy (non-hydrogen) atoms. The van der Waals surface area contributed by atoms with Crippen LogP contribution in [0.4, 0.5) is 0 Å². The summed E-state index contributed by atoms with van der Waals surface area (Å²) in [7, 11) is 4.23. The molecule has 102 valence electrons. The second-order valence-electron chi connectivity index (χ2n) is 6.16. The third-order valence-electron chi connectivity index (χ3n) is 3.86. The van der Waals surface area contributed by atoms with Crippen LogP contribution in [0.15, 0.2) is 24.3 Å². The monoisotopic (exact) mass is 248 g/mol. The maximum Gasteiger partial charge on any atom is 0.0230 e. The molecule has 0 saturated heterocycles. The Morgan fingerprint density at radius 1 is 1.22 bits per heavy atom. The zero-order valence-corrected chi connectivity index (χ0v) is 12.7. The fourth-order valence-electron chi connectivity index (χ4n) is 2.28. The van der Waals surface area contributed by atoms with Gasteiger partial charge in [-0.25, -0.2) is 0 Å². The minimum absolute atomic E-state index is 0.272. The third kappa shape index (κ3) is 4.43. The Hall–Kier alpha value is -0.860. The fourth-order valence-corrected chi connectivity index (χ4v) is 2.28. The van der Waals surface area contributed by atoms with Crippen LogP contribution in [0.5, 0.6) is 0 Å². The van der Waals surface area contributed by atoms with Crippen LogP contribution < -0.4 is 5.32 Å². The molecule has 1 atom stereocenters. The summed E-state index contributed by atoms with van der Waals surface area (Å²) in [5.41, 5.74) is 2.98. The Balaban J connectivity index is 2.56. The molecule has 0 fully saturated rings. The summed E-state index contributed by atoms with van der Waals surface area (Å²) in [6, 6.07) is 9.33. The third-order valence-corrected chi connectivity index (χ3v) is 3.86. The lowest BCUT2D eigenvalue weighted by atomic mass is 9.85. The zero-order chi connectivity index (χ0) is 13.8. The minimum Gasteiger partial charge on any atom is -0.317 e. The van der Waals surface area contributed by atoms with Crippen molar-refractivity contribution in [3.05, 3.63) is 35.4 Å². The molecule has 0 spiro atoms. The summed E-state index contributed by atoms with van der Waals surface area (Å²) in [6.07, 6.45) is 0. The van der Waals surface area contributed by atoms with E-state index < -0.39 is 0 Å². The standard InChI is InChI=1S/C16H28N2/c1-13-7-9-15(10-8-13)11-18(6)12-16(3,4)14(2)17-5/h7-10,14,17H,11-12H2,1-6H3. The summed E-state index contributed by atoms with van der Waals surface area (Å²) in [6.45, 7) is 11.1. The van der Waals surface area contributed by atoms with Crippen LogP contribution in [0.3, 0.4) is 0 Å². The van der Waals surface area contributed by atoms with Crippen LogP contribution in [0.1, 0.15) is 31.9 Å². The topological polar surface area (TPSA) is 15.3 Å². The fraction of sp³-hybridized carbons (Fsp3) is 0.625. The van der Waals surface area contributed by atoms with Crippen molar-refractivity contribution in [1.29, 1.82) is 0 Å². The van der Waals surface area contributed by atoms with Gasteiger partial charge in [0.15, 0.2) is 0 Å². The minimum atomic E-state index is 0.272. The van der Waals surface area contributed by atoms with Crippen LogP contribution in [-0.2, 0) is 6.54 Å². The molecule has 0 amide bonds. The highest BCUT2D eigenvalue weighted by Gasteiger charge is 2.26. The summed E-state index contributed by atoms with van der Waals surface area (Å²) in [5, 5.41) is 3.36. The average molecular weight is 248 g/mol. The number of nitrogens with one attached hydrogen (secondary N) is 1. The van der Waals surface area contributed by atoms with E-state index in [0.29, 0.717) is 6.04 Å². The lowest BCUT2D eigenvalue weighted by Gasteiger charge is -2.35. The second kappa shape index (κ2) is 6.35. The first-order valence-electron chi connectivity index (χ1n) is 6.76. The molecule has 0 radical (unpaired) electrons. The second-order valence-corrected chi connectivity index (χ2v) is 6.16. The van der Waals surface area contributed by atoms with Crippen molar-refractivity contribution < 1.29 is 0 Å². The van der Waals surface area contributed by atoms with E-state index in [9.17, 15) is 0 Å². The van der Waals surface area contributed by atoms with E-state index in [1.165, 1.54) is 11.1 Å². The lowest BCUT2D eigenvalue weighted by molar-refractivity contribution is 0.164. The maximum absolute atomic E-state index is 3.36. The van der Waals surface area contributed by atoms with Gasteiger partial charge in [-0.1, -0.05) is 43.7 Å². The first-order valence-corrected chi connectivity index (χ1v) is 6.76. The van der Waals surface area contributed by atoms with Gasteiger partial charge in [0.25, 0.3) is 0 Å². The quantitative estimate of drug-likeness (QED) is 0.832. The Bertz CT molecular complexity index is 354. The summed E-state index contributed by atoms with van der Waals surface area (Å²) in [5.74, 6) is 0. The van der Waals surface area contributed by atoms with E-state index in [0.717, 1.165) is 13.1 Å². The molecule has 0 saturated carbocycles. The summed E-state index contributed by atoms with van der Waals surface area (Å²) < 4.78 is 0. The average Bonchev–Trinajstić information content (AvgIpc) is 2.30. The smallest absolute Gasteiger partial charge is 0.0230 e. The van der Waals surface area contributed by atoms with Crippen molar-refractivity contribution in [2.45, 2.75) is 40.3 Å². The highest BCUT2D eigenvalue weighted by atomic mass is 15.1. The molecule has 0 aliphatic rings. The molecule has 0 aromatic heterocycles. The molecule has 0 aliphatic heterocycles. The highest BCUT2D eigenvalue weighted by Crippen LogP contribution is 2.22. The van der Waals surface area contributed by atoms with Crippen molar-refractivity contribution in [3.8, 4) is 0 Å². The first kappa shape index (κ1) is 15.2. The van der Waals surface area contributed by atoms with Gasteiger partial charge in [-0.05, 0) is 38.9 Å². The van der Waals surface area contributed by atoms with E-state index in [1.807, 2.05) is 7.05 Å². The van der Waals surface area contributed by atoms with Gasteiger partial charge in [0, 0.05) is 19.1 Å². The number of nitrogens with zero attached hydrogens (tertiary/aromatic N) is 1. The predicted molar refractivity (Wildman–Crippen MR) is 79.8 cm³/mol. The van der Waals surface area contributed by atoms with E-state index in [1.54, 1.807) is 0 Å². The molecular formula is C16H28N2. The molecular weight excluding hydrogens is 220 g/mol. The first-order chi connectivity index (χ1) is 8.35. The Kier molecular flexibility index (Phi) is 5.36. The van der Waals surface area contributed by atoms with Crippen molar-refractivity contribution in [1.82, 2.24) is 10.2 Å². The molecule has 0 heterocycles. The van der Waals surface area contributed by atoms with Crippen LogP contribution in [0.2, 0.25) is 0 Å². The molecule has 0 aliphatic carbocycles. The predicted octanol–water partition coefficient (Wildman–Crippen LogP) is 3.06. The van der Waals surface area contributed by atoms with Gasteiger partial charge in [-0.2, -0.15) is 0 Å². The van der Waals surface area contributed by atoms with Crippen molar-refractivity contribution in [2.75, 3.05) is 20.6 Å². The largest absolute Gasteiger partial charge is 0.317 e. The number of rotatable bonds is 6. The highest BCUT2D eigenvalue weighted by molar-refractivity contribution is 5.21. The van der Waals surface area contributed by atoms with E-state index in [4.69, 9.17) is 0 Å². The molecule has 1 rings (SSSR count). The van der Waals surface area contributed by atoms with Crippen molar-refractivity contribution in [3.63, 3.8) is 0 Å². The number of aryl methyl sites for hydroxylation is 1. The van der Waals surface area contributed by atoms with Crippen molar-refractivity contribution in [2.24, 2.45) is 5.41 Å². The number of hydrogen-bond acceptors (Lipinski definition) is 2. The van der Waals surface area contributed by atoms with E-state index in [2.05, 4.69) is 69.2 Å². The van der Waals surface area contributed by atoms with Gasteiger partial charge in [0.1, 0.15) is 0 Å². The lowest BCUT2D eigenvalue weighted by Crippen LogP contribution is -2.44. The van der Waals surface area contributed by atoms with Crippen LogP contribution in [0, 0.1) is 12.3 Å². The molecule has 1 aromatic rings. The van der Waals surface area contributed by atoms with Gasteiger partial charge in [-0.15, -0.1) is 0 Å². The molecule has 2 heteroatoms. The number of benzene rings is 1. The summed E-state index contributed by atoms with van der Waals surface area (Å²) in [4.78, 5) is 2.40. The number of hydrogen-bond donors (Lipinski definition) is 1. The SMILES string of the molecule is CNC(C)C(C)(C)CN(C)Cc1ccc(C)cc1. The Morgan fingerprint density at radius 3 is 2.28 bits per heavy atom. The molecule has 1 unspecified atom stereocenters. The van der Waals surface area contributed by atoms with E-state index in [-0.39, 0.29) is 5.41 Å². The Morgan fingerprint density at radius 2 is 1.78 bits per heavy atom. The molecule has 1 aromatic carbocycles. The van der Waals surface area contributed by atoms with Gasteiger partial charge >= 0.3 is 0 Å². The van der Waals surface area contributed by atoms with Gasteiger partial charge < -0.3 is 10.2 Å². The Labute approximate surface area is 112 Å². The van der Waals surface area contributed by atoms with Crippen molar-refractivity contribution >= 4 is 0 Å². The van der Waals surface area contributed by atoms with Gasteiger partial charge in [0.2, 0.25) is 0 Å².